The summed E-state index contributed by atoms with van der Waals surface area (Å²) in [5.41, 5.74) is 2.93. The van der Waals surface area contributed by atoms with Crippen molar-refractivity contribution in [1.29, 1.82) is 0 Å². The van der Waals surface area contributed by atoms with E-state index < -0.39 is 0 Å². The van der Waals surface area contributed by atoms with Gasteiger partial charge in [-0.25, -0.2) is 0 Å². The van der Waals surface area contributed by atoms with Gasteiger partial charge in [-0.15, -0.1) is 0 Å². The van der Waals surface area contributed by atoms with Gasteiger partial charge in [-0.1, -0.05) is 30.3 Å². The third kappa shape index (κ3) is 5.58. The largest absolute Gasteiger partial charge is 0.496 e. The van der Waals surface area contributed by atoms with Gasteiger partial charge in [-0.05, 0) is 37.6 Å². The zero-order valence-electron chi connectivity index (χ0n) is 16.6. The number of carbonyl (C=O) groups excluding carboxylic acids is 2. The van der Waals surface area contributed by atoms with E-state index >= 15 is 0 Å². The van der Waals surface area contributed by atoms with Crippen molar-refractivity contribution in [3.8, 4) is 5.75 Å². The SMILES string of the molecule is CCN(C(=O)CCN(Cc1ccccc1OC)C(C)=O)c1cccc(C)c1. The molecule has 0 spiro atoms. The molecule has 5 heteroatoms. The number of para-hydroxylation sites is 1. The first-order chi connectivity index (χ1) is 13.0. The van der Waals surface area contributed by atoms with Crippen LogP contribution in [0.1, 0.15) is 31.4 Å². The number of anilines is 1. The van der Waals surface area contributed by atoms with Gasteiger partial charge >= 0.3 is 0 Å². The standard InChI is InChI=1S/C22H28N2O3/c1-5-24(20-11-8-9-17(2)15-20)22(26)13-14-23(18(3)25)16-19-10-6-7-12-21(19)27-4/h6-12,15H,5,13-14,16H2,1-4H3. The van der Waals surface area contributed by atoms with E-state index in [2.05, 4.69) is 0 Å². The highest BCUT2D eigenvalue weighted by molar-refractivity contribution is 5.93. The Morgan fingerprint density at radius 2 is 1.81 bits per heavy atom. The number of amides is 2. The van der Waals surface area contributed by atoms with Crippen LogP contribution in [-0.2, 0) is 16.1 Å². The van der Waals surface area contributed by atoms with Gasteiger partial charge in [0.2, 0.25) is 11.8 Å². The van der Waals surface area contributed by atoms with Crippen LogP contribution >= 0.6 is 0 Å². The fourth-order valence-electron chi connectivity index (χ4n) is 3.05. The average molecular weight is 368 g/mol. The molecule has 2 aromatic carbocycles. The van der Waals surface area contributed by atoms with Crippen molar-refractivity contribution in [2.75, 3.05) is 25.1 Å². The van der Waals surface area contributed by atoms with Crippen molar-refractivity contribution in [2.45, 2.75) is 33.7 Å². The van der Waals surface area contributed by atoms with Gasteiger partial charge < -0.3 is 14.5 Å². The van der Waals surface area contributed by atoms with Crippen LogP contribution in [0.5, 0.6) is 5.75 Å². The number of methoxy groups -OCH3 is 1. The van der Waals surface area contributed by atoms with E-state index in [0.717, 1.165) is 22.6 Å². The van der Waals surface area contributed by atoms with E-state index in [0.29, 0.717) is 19.6 Å². The molecule has 2 rings (SSSR count). The molecule has 0 fully saturated rings. The maximum Gasteiger partial charge on any atom is 0.228 e. The minimum atomic E-state index is -0.0627. The van der Waals surface area contributed by atoms with Crippen LogP contribution in [0.3, 0.4) is 0 Å². The van der Waals surface area contributed by atoms with E-state index in [4.69, 9.17) is 4.74 Å². The molecule has 144 valence electrons. The summed E-state index contributed by atoms with van der Waals surface area (Å²) in [6, 6.07) is 15.5. The number of carbonyl (C=O) groups is 2. The number of hydrogen-bond acceptors (Lipinski definition) is 3. The van der Waals surface area contributed by atoms with Gasteiger partial charge in [-0.2, -0.15) is 0 Å². The van der Waals surface area contributed by atoms with E-state index in [1.54, 1.807) is 16.9 Å². The molecule has 5 nitrogen and oxygen atoms in total. The summed E-state index contributed by atoms with van der Waals surface area (Å²) in [5.74, 6) is 0.687. The minimum absolute atomic E-state index is 0.00868. The van der Waals surface area contributed by atoms with Crippen LogP contribution in [0.25, 0.3) is 0 Å². The third-order valence-electron chi connectivity index (χ3n) is 4.53. The Labute approximate surface area is 161 Å². The quantitative estimate of drug-likeness (QED) is 0.712. The van der Waals surface area contributed by atoms with Gasteiger partial charge in [0.15, 0.2) is 0 Å². The molecule has 0 radical (unpaired) electrons. The Morgan fingerprint density at radius 1 is 1.07 bits per heavy atom. The second kappa shape index (κ2) is 9.76. The third-order valence-corrected chi connectivity index (χ3v) is 4.53. The van der Waals surface area contributed by atoms with E-state index in [1.807, 2.05) is 62.4 Å². The molecule has 0 aromatic heterocycles. The molecule has 27 heavy (non-hydrogen) atoms. The highest BCUT2D eigenvalue weighted by Gasteiger charge is 2.18. The van der Waals surface area contributed by atoms with Crippen LogP contribution in [0.4, 0.5) is 5.69 Å². The lowest BCUT2D eigenvalue weighted by Crippen LogP contribution is -2.36. The monoisotopic (exact) mass is 368 g/mol. The van der Waals surface area contributed by atoms with Crippen molar-refractivity contribution in [3.63, 3.8) is 0 Å². The van der Waals surface area contributed by atoms with E-state index in [-0.39, 0.29) is 18.2 Å². The average Bonchev–Trinajstić information content (AvgIpc) is 2.65. The number of rotatable bonds is 8. The normalized spacial score (nSPS) is 10.4. The first-order valence-electron chi connectivity index (χ1n) is 9.20. The van der Waals surface area contributed by atoms with Crippen LogP contribution in [0.15, 0.2) is 48.5 Å². The number of hydrogen-bond donors (Lipinski definition) is 0. The summed E-state index contributed by atoms with van der Waals surface area (Å²) in [4.78, 5) is 28.3. The summed E-state index contributed by atoms with van der Waals surface area (Å²) in [6.07, 6.45) is 0.274. The minimum Gasteiger partial charge on any atom is -0.496 e. The fourth-order valence-corrected chi connectivity index (χ4v) is 3.05. The van der Waals surface area contributed by atoms with Crippen molar-refractivity contribution < 1.29 is 14.3 Å². The lowest BCUT2D eigenvalue weighted by atomic mass is 10.1. The Kier molecular flexibility index (Phi) is 7.41. The summed E-state index contributed by atoms with van der Waals surface area (Å²) in [5, 5.41) is 0. The topological polar surface area (TPSA) is 49.9 Å². The van der Waals surface area contributed by atoms with Gasteiger partial charge in [0.25, 0.3) is 0 Å². The number of ether oxygens (including phenoxy) is 1. The molecule has 0 atom stereocenters. The molecule has 0 saturated carbocycles. The predicted octanol–water partition coefficient (Wildman–Crippen LogP) is 3.80. The van der Waals surface area contributed by atoms with Crippen LogP contribution in [0, 0.1) is 6.92 Å². The molecule has 0 heterocycles. The summed E-state index contributed by atoms with van der Waals surface area (Å²) >= 11 is 0. The second-order valence-electron chi connectivity index (χ2n) is 6.48. The van der Waals surface area contributed by atoms with Gasteiger partial charge in [0, 0.05) is 44.2 Å². The Morgan fingerprint density at radius 3 is 2.44 bits per heavy atom. The maximum absolute atomic E-state index is 12.8. The molecular formula is C22H28N2O3. The van der Waals surface area contributed by atoms with Gasteiger partial charge in [-0.3, -0.25) is 9.59 Å². The number of aryl methyl sites for hydroxylation is 1. The van der Waals surface area contributed by atoms with Gasteiger partial charge in [0.05, 0.1) is 7.11 Å². The van der Waals surface area contributed by atoms with Crippen molar-refractivity contribution in [2.24, 2.45) is 0 Å². The summed E-state index contributed by atoms with van der Waals surface area (Å²) < 4.78 is 5.36. The second-order valence-corrected chi connectivity index (χ2v) is 6.48. The molecule has 0 aliphatic heterocycles. The highest BCUT2D eigenvalue weighted by Crippen LogP contribution is 2.20. The van der Waals surface area contributed by atoms with Crippen molar-refractivity contribution in [1.82, 2.24) is 4.90 Å². The first kappa shape index (κ1) is 20.5. The summed E-state index contributed by atoms with van der Waals surface area (Å²) in [6.45, 7) is 6.87. The Hall–Kier alpha value is -2.82. The van der Waals surface area contributed by atoms with Crippen LogP contribution < -0.4 is 9.64 Å². The number of nitrogens with zero attached hydrogens (tertiary/aromatic N) is 2. The van der Waals surface area contributed by atoms with Crippen molar-refractivity contribution >= 4 is 17.5 Å². The zero-order valence-corrected chi connectivity index (χ0v) is 16.6. The lowest BCUT2D eigenvalue weighted by molar-refractivity contribution is -0.130. The van der Waals surface area contributed by atoms with Crippen LogP contribution in [0.2, 0.25) is 0 Å². The highest BCUT2D eigenvalue weighted by atomic mass is 16.5. The Bertz CT molecular complexity index is 789. The van der Waals surface area contributed by atoms with E-state index in [1.165, 1.54) is 6.92 Å². The van der Waals surface area contributed by atoms with E-state index in [9.17, 15) is 9.59 Å². The van der Waals surface area contributed by atoms with Gasteiger partial charge in [0.1, 0.15) is 5.75 Å². The molecule has 0 N–H and O–H groups in total. The fraction of sp³-hybridized carbons (Fsp3) is 0.364. The predicted molar refractivity (Wildman–Crippen MR) is 108 cm³/mol. The smallest absolute Gasteiger partial charge is 0.228 e. The molecule has 0 aliphatic rings. The molecule has 0 saturated heterocycles. The summed E-state index contributed by atoms with van der Waals surface area (Å²) in [7, 11) is 1.61. The van der Waals surface area contributed by atoms with Crippen molar-refractivity contribution in [3.05, 3.63) is 59.7 Å². The lowest BCUT2D eigenvalue weighted by Gasteiger charge is -2.25. The molecule has 0 unspecified atom stereocenters. The zero-order chi connectivity index (χ0) is 19.8. The van der Waals surface area contributed by atoms with Crippen LogP contribution in [-0.4, -0.2) is 36.9 Å². The molecule has 0 aliphatic carbocycles. The molecule has 2 amide bonds. The Balaban J connectivity index is 2.06. The maximum atomic E-state index is 12.8. The molecular weight excluding hydrogens is 340 g/mol. The molecule has 2 aromatic rings. The first-order valence-corrected chi connectivity index (χ1v) is 9.20. The number of benzene rings is 2. The molecule has 0 bridgehead atoms.